The van der Waals surface area contributed by atoms with Crippen molar-refractivity contribution < 1.29 is 4.79 Å². The summed E-state index contributed by atoms with van der Waals surface area (Å²) in [7, 11) is 0. The number of carbonyl (C=O) groups excluding carboxylic acids is 1. The molecular formula is C8H12BrNO. The van der Waals surface area contributed by atoms with Crippen molar-refractivity contribution in [2.75, 3.05) is 6.54 Å². The maximum Gasteiger partial charge on any atom is 0.223 e. The average molecular weight is 218 g/mol. The molecular weight excluding hydrogens is 206 g/mol. The van der Waals surface area contributed by atoms with E-state index in [2.05, 4.69) is 27.8 Å². The van der Waals surface area contributed by atoms with E-state index >= 15 is 0 Å². The molecule has 0 bridgehead atoms. The zero-order chi connectivity index (χ0) is 8.27. The van der Waals surface area contributed by atoms with Crippen LogP contribution in [0.3, 0.4) is 0 Å². The minimum Gasteiger partial charge on any atom is -0.351 e. The molecule has 0 aromatic heterocycles. The number of hydrogen-bond acceptors (Lipinski definition) is 1. The van der Waals surface area contributed by atoms with Crippen LogP contribution in [0.1, 0.15) is 19.3 Å². The molecule has 11 heavy (non-hydrogen) atoms. The van der Waals surface area contributed by atoms with Crippen LogP contribution in [-0.2, 0) is 4.79 Å². The summed E-state index contributed by atoms with van der Waals surface area (Å²) in [6.45, 7) is 4.18. The Kier molecular flexibility index (Phi) is 3.12. The van der Waals surface area contributed by atoms with Gasteiger partial charge in [-0.2, -0.15) is 0 Å². The van der Waals surface area contributed by atoms with E-state index in [4.69, 9.17) is 0 Å². The molecule has 1 amide bonds. The maximum absolute atomic E-state index is 11.2. The van der Waals surface area contributed by atoms with Crippen molar-refractivity contribution in [1.29, 1.82) is 0 Å². The van der Waals surface area contributed by atoms with E-state index in [1.54, 1.807) is 0 Å². The molecule has 0 radical (unpaired) electrons. The third-order valence-electron chi connectivity index (χ3n) is 1.93. The lowest BCUT2D eigenvalue weighted by atomic mass is 9.85. The third-order valence-corrected chi connectivity index (χ3v) is 2.21. The second kappa shape index (κ2) is 3.90. The first-order valence-electron chi connectivity index (χ1n) is 3.81. The molecule has 1 aliphatic rings. The Balaban J connectivity index is 2.15. The number of rotatable bonds is 3. The smallest absolute Gasteiger partial charge is 0.223 e. The highest BCUT2D eigenvalue weighted by molar-refractivity contribution is 9.11. The topological polar surface area (TPSA) is 29.1 Å². The second-order valence-corrected chi connectivity index (χ2v) is 3.98. The monoisotopic (exact) mass is 217 g/mol. The average Bonchev–Trinajstić information content (AvgIpc) is 1.79. The van der Waals surface area contributed by atoms with Crippen LogP contribution < -0.4 is 5.32 Å². The zero-order valence-corrected chi connectivity index (χ0v) is 7.99. The van der Waals surface area contributed by atoms with E-state index in [1.807, 2.05) is 0 Å². The summed E-state index contributed by atoms with van der Waals surface area (Å²) >= 11 is 3.18. The van der Waals surface area contributed by atoms with Gasteiger partial charge in [0.1, 0.15) is 0 Å². The predicted octanol–water partition coefficient (Wildman–Crippen LogP) is 1.81. The lowest BCUT2D eigenvalue weighted by Crippen LogP contribution is -2.34. The fourth-order valence-electron chi connectivity index (χ4n) is 0.998. The first-order valence-corrected chi connectivity index (χ1v) is 4.60. The predicted molar refractivity (Wildman–Crippen MR) is 48.4 cm³/mol. The summed E-state index contributed by atoms with van der Waals surface area (Å²) in [5, 5.41) is 2.80. The summed E-state index contributed by atoms with van der Waals surface area (Å²) in [6, 6.07) is 0. The standard InChI is InChI=1S/C8H12BrNO/c1-6(9)5-10-8(11)7-3-2-4-7/h7H,1-5H2,(H,10,11). The highest BCUT2D eigenvalue weighted by atomic mass is 79.9. The van der Waals surface area contributed by atoms with Gasteiger partial charge < -0.3 is 5.32 Å². The van der Waals surface area contributed by atoms with Crippen LogP contribution in [0.15, 0.2) is 11.1 Å². The molecule has 1 N–H and O–H groups in total. The fraction of sp³-hybridized carbons (Fsp3) is 0.625. The molecule has 0 atom stereocenters. The van der Waals surface area contributed by atoms with Gasteiger partial charge in [-0.1, -0.05) is 28.9 Å². The summed E-state index contributed by atoms with van der Waals surface area (Å²) in [6.07, 6.45) is 3.31. The van der Waals surface area contributed by atoms with Crippen molar-refractivity contribution in [3.05, 3.63) is 11.1 Å². The highest BCUT2D eigenvalue weighted by Crippen LogP contribution is 2.26. The van der Waals surface area contributed by atoms with Gasteiger partial charge >= 0.3 is 0 Å². The van der Waals surface area contributed by atoms with Gasteiger partial charge in [0.05, 0.1) is 0 Å². The van der Waals surface area contributed by atoms with Gasteiger partial charge in [0, 0.05) is 16.9 Å². The largest absolute Gasteiger partial charge is 0.351 e. The molecule has 1 saturated carbocycles. The second-order valence-electron chi connectivity index (χ2n) is 2.86. The highest BCUT2D eigenvalue weighted by Gasteiger charge is 2.24. The SMILES string of the molecule is C=C(Br)CNC(=O)C1CCC1. The Morgan fingerprint density at radius 1 is 1.64 bits per heavy atom. The Bertz CT molecular complexity index is 175. The van der Waals surface area contributed by atoms with Gasteiger partial charge in [0.15, 0.2) is 0 Å². The molecule has 1 fully saturated rings. The minimum atomic E-state index is 0.178. The van der Waals surface area contributed by atoms with E-state index in [1.165, 1.54) is 6.42 Å². The van der Waals surface area contributed by atoms with Crippen LogP contribution in [-0.4, -0.2) is 12.5 Å². The van der Waals surface area contributed by atoms with E-state index < -0.39 is 0 Å². The van der Waals surface area contributed by atoms with Crippen LogP contribution in [0.5, 0.6) is 0 Å². The van der Waals surface area contributed by atoms with Gasteiger partial charge in [-0.15, -0.1) is 0 Å². The van der Waals surface area contributed by atoms with Crippen molar-refractivity contribution >= 4 is 21.8 Å². The fourth-order valence-corrected chi connectivity index (χ4v) is 1.14. The van der Waals surface area contributed by atoms with Crippen LogP contribution in [0.25, 0.3) is 0 Å². The molecule has 0 spiro atoms. The molecule has 3 heteroatoms. The number of halogens is 1. The lowest BCUT2D eigenvalue weighted by molar-refractivity contribution is -0.127. The number of hydrogen-bond donors (Lipinski definition) is 1. The van der Waals surface area contributed by atoms with E-state index in [0.29, 0.717) is 6.54 Å². The minimum absolute atomic E-state index is 0.178. The first kappa shape index (κ1) is 8.78. The summed E-state index contributed by atoms with van der Waals surface area (Å²) in [5.74, 6) is 0.457. The molecule has 1 aliphatic carbocycles. The number of carbonyl (C=O) groups is 1. The third kappa shape index (κ3) is 2.66. The van der Waals surface area contributed by atoms with Gasteiger partial charge in [-0.05, 0) is 12.8 Å². The first-order chi connectivity index (χ1) is 5.20. The number of nitrogens with one attached hydrogen (secondary N) is 1. The van der Waals surface area contributed by atoms with Gasteiger partial charge in [-0.3, -0.25) is 4.79 Å². The molecule has 0 aromatic carbocycles. The van der Waals surface area contributed by atoms with Gasteiger partial charge in [0.2, 0.25) is 5.91 Å². The summed E-state index contributed by atoms with van der Waals surface area (Å²) < 4.78 is 0.824. The molecule has 0 heterocycles. The van der Waals surface area contributed by atoms with Crippen LogP contribution in [0.4, 0.5) is 0 Å². The van der Waals surface area contributed by atoms with Crippen molar-refractivity contribution in [3.8, 4) is 0 Å². The Morgan fingerprint density at radius 3 is 2.64 bits per heavy atom. The quantitative estimate of drug-likeness (QED) is 0.768. The van der Waals surface area contributed by atoms with E-state index in [-0.39, 0.29) is 11.8 Å². The maximum atomic E-state index is 11.2. The Hall–Kier alpha value is -0.310. The summed E-state index contributed by atoms with van der Waals surface area (Å²) in [5.41, 5.74) is 0. The molecule has 0 aliphatic heterocycles. The van der Waals surface area contributed by atoms with E-state index in [9.17, 15) is 4.79 Å². The van der Waals surface area contributed by atoms with Gasteiger partial charge in [-0.25, -0.2) is 0 Å². The van der Waals surface area contributed by atoms with Crippen molar-refractivity contribution in [3.63, 3.8) is 0 Å². The Labute approximate surface area is 75.2 Å². The van der Waals surface area contributed by atoms with Crippen LogP contribution in [0.2, 0.25) is 0 Å². The molecule has 0 aromatic rings. The molecule has 62 valence electrons. The van der Waals surface area contributed by atoms with Crippen molar-refractivity contribution in [2.45, 2.75) is 19.3 Å². The number of amides is 1. The lowest BCUT2D eigenvalue weighted by Gasteiger charge is -2.23. The molecule has 0 saturated heterocycles. The molecule has 0 unspecified atom stereocenters. The summed E-state index contributed by atoms with van der Waals surface area (Å²) in [4.78, 5) is 11.2. The van der Waals surface area contributed by atoms with Crippen molar-refractivity contribution in [1.82, 2.24) is 5.32 Å². The zero-order valence-electron chi connectivity index (χ0n) is 6.40. The van der Waals surface area contributed by atoms with Gasteiger partial charge in [0.25, 0.3) is 0 Å². The molecule has 1 rings (SSSR count). The van der Waals surface area contributed by atoms with Crippen molar-refractivity contribution in [2.24, 2.45) is 5.92 Å². The van der Waals surface area contributed by atoms with Crippen LogP contribution >= 0.6 is 15.9 Å². The molecule has 2 nitrogen and oxygen atoms in total. The van der Waals surface area contributed by atoms with Crippen LogP contribution in [0, 0.1) is 5.92 Å². The van der Waals surface area contributed by atoms with E-state index in [0.717, 1.165) is 17.3 Å². The normalized spacial score (nSPS) is 17.2. The Morgan fingerprint density at radius 2 is 2.27 bits per heavy atom.